The van der Waals surface area contributed by atoms with Crippen LogP contribution in [0.1, 0.15) is 37.4 Å². The summed E-state index contributed by atoms with van der Waals surface area (Å²) in [4.78, 5) is 17.6. The van der Waals surface area contributed by atoms with Crippen LogP contribution in [0.5, 0.6) is 0 Å². The smallest absolute Gasteiger partial charge is 0.222 e. The Balaban J connectivity index is 1.82. The van der Waals surface area contributed by atoms with Crippen molar-refractivity contribution >= 4 is 16.8 Å². The molecule has 100 valence electrons. The summed E-state index contributed by atoms with van der Waals surface area (Å²) in [5.74, 6) is 0.297. The molecule has 3 nitrogen and oxygen atoms in total. The number of aromatic amines is 1. The molecule has 1 aliphatic rings. The summed E-state index contributed by atoms with van der Waals surface area (Å²) in [5.41, 5.74) is 3.81. The third-order valence-corrected chi connectivity index (χ3v) is 3.98. The SMILES string of the molecule is CCCCC(=O)N1CCc2c([nH]c3ccccc23)C1. The lowest BCUT2D eigenvalue weighted by Crippen LogP contribution is -2.35. The fourth-order valence-corrected chi connectivity index (χ4v) is 2.89. The van der Waals surface area contributed by atoms with Crippen LogP contribution in [0.3, 0.4) is 0 Å². The number of fused-ring (bicyclic) bond motifs is 3. The molecule has 1 N–H and O–H groups in total. The van der Waals surface area contributed by atoms with E-state index in [4.69, 9.17) is 0 Å². The van der Waals surface area contributed by atoms with Gasteiger partial charge in [0.05, 0.1) is 6.54 Å². The van der Waals surface area contributed by atoms with Crippen molar-refractivity contribution in [2.24, 2.45) is 0 Å². The molecular weight excluding hydrogens is 236 g/mol. The zero-order valence-electron chi connectivity index (χ0n) is 11.4. The number of nitrogens with zero attached hydrogens (tertiary/aromatic N) is 1. The Morgan fingerprint density at radius 3 is 3.05 bits per heavy atom. The highest BCUT2D eigenvalue weighted by atomic mass is 16.2. The molecule has 0 saturated heterocycles. The van der Waals surface area contributed by atoms with Gasteiger partial charge in [-0.25, -0.2) is 0 Å². The van der Waals surface area contributed by atoms with Gasteiger partial charge in [0.1, 0.15) is 0 Å². The van der Waals surface area contributed by atoms with Crippen molar-refractivity contribution in [1.82, 2.24) is 9.88 Å². The summed E-state index contributed by atoms with van der Waals surface area (Å²) in [6.45, 7) is 3.73. The normalized spacial score (nSPS) is 14.7. The second kappa shape index (κ2) is 5.08. The van der Waals surface area contributed by atoms with E-state index in [9.17, 15) is 4.79 Å². The van der Waals surface area contributed by atoms with Crippen LogP contribution in [-0.4, -0.2) is 22.3 Å². The summed E-state index contributed by atoms with van der Waals surface area (Å²) in [5, 5.41) is 1.32. The standard InChI is InChI=1S/C16H20N2O/c1-2-3-8-16(19)18-10-9-13-12-6-4-5-7-14(12)17-15(13)11-18/h4-7,17H,2-3,8-11H2,1H3. The van der Waals surface area contributed by atoms with Crippen molar-refractivity contribution in [1.29, 1.82) is 0 Å². The average molecular weight is 256 g/mol. The van der Waals surface area contributed by atoms with E-state index < -0.39 is 0 Å². The number of H-pyrrole nitrogens is 1. The molecule has 0 atom stereocenters. The number of carbonyl (C=O) groups excluding carboxylic acids is 1. The highest BCUT2D eigenvalue weighted by Gasteiger charge is 2.23. The lowest BCUT2D eigenvalue weighted by molar-refractivity contribution is -0.132. The maximum Gasteiger partial charge on any atom is 0.222 e. The number of hydrogen-bond acceptors (Lipinski definition) is 1. The van der Waals surface area contributed by atoms with Gasteiger partial charge in [-0.1, -0.05) is 31.5 Å². The molecule has 0 unspecified atom stereocenters. The van der Waals surface area contributed by atoms with E-state index in [-0.39, 0.29) is 0 Å². The minimum atomic E-state index is 0.297. The van der Waals surface area contributed by atoms with Crippen LogP contribution in [0.4, 0.5) is 0 Å². The van der Waals surface area contributed by atoms with Gasteiger partial charge in [0, 0.05) is 29.6 Å². The first kappa shape index (κ1) is 12.3. The molecule has 0 saturated carbocycles. The predicted octanol–water partition coefficient (Wildman–Crippen LogP) is 3.24. The Bertz CT molecular complexity index is 600. The molecule has 1 aliphatic heterocycles. The minimum Gasteiger partial charge on any atom is -0.357 e. The lowest BCUT2D eigenvalue weighted by Gasteiger charge is -2.27. The molecule has 1 aromatic carbocycles. The molecule has 3 rings (SSSR count). The van der Waals surface area contributed by atoms with Gasteiger partial charge >= 0.3 is 0 Å². The molecule has 0 aliphatic carbocycles. The number of benzene rings is 1. The van der Waals surface area contributed by atoms with Gasteiger partial charge in [-0.3, -0.25) is 4.79 Å². The van der Waals surface area contributed by atoms with E-state index in [1.165, 1.54) is 22.2 Å². The van der Waals surface area contributed by atoms with E-state index in [1.807, 2.05) is 4.90 Å². The number of rotatable bonds is 3. The van der Waals surface area contributed by atoms with Crippen LogP contribution in [0.15, 0.2) is 24.3 Å². The number of carbonyl (C=O) groups is 1. The summed E-state index contributed by atoms with van der Waals surface area (Å²) in [6.07, 6.45) is 3.73. The van der Waals surface area contributed by atoms with Crippen molar-refractivity contribution in [3.05, 3.63) is 35.5 Å². The fourth-order valence-electron chi connectivity index (χ4n) is 2.89. The summed E-state index contributed by atoms with van der Waals surface area (Å²) in [6, 6.07) is 8.40. The highest BCUT2D eigenvalue weighted by Crippen LogP contribution is 2.27. The molecule has 0 fully saturated rings. The maximum absolute atomic E-state index is 12.1. The lowest BCUT2D eigenvalue weighted by atomic mass is 10.0. The molecular formula is C16H20N2O. The number of para-hydroxylation sites is 1. The topological polar surface area (TPSA) is 36.1 Å². The molecule has 0 bridgehead atoms. The molecule has 1 aromatic heterocycles. The van der Waals surface area contributed by atoms with Gasteiger partial charge < -0.3 is 9.88 Å². The fraction of sp³-hybridized carbons (Fsp3) is 0.438. The monoisotopic (exact) mass is 256 g/mol. The van der Waals surface area contributed by atoms with Gasteiger partial charge in [0.15, 0.2) is 0 Å². The predicted molar refractivity (Wildman–Crippen MR) is 76.9 cm³/mol. The Kier molecular flexibility index (Phi) is 3.28. The Morgan fingerprint density at radius 2 is 2.21 bits per heavy atom. The quantitative estimate of drug-likeness (QED) is 0.899. The van der Waals surface area contributed by atoms with Gasteiger partial charge in [0.2, 0.25) is 5.91 Å². The molecule has 19 heavy (non-hydrogen) atoms. The van der Waals surface area contributed by atoms with E-state index in [1.54, 1.807) is 0 Å². The zero-order valence-corrected chi connectivity index (χ0v) is 11.4. The largest absolute Gasteiger partial charge is 0.357 e. The van der Waals surface area contributed by atoms with Gasteiger partial charge in [-0.15, -0.1) is 0 Å². The highest BCUT2D eigenvalue weighted by molar-refractivity contribution is 5.85. The van der Waals surface area contributed by atoms with Crippen molar-refractivity contribution in [3.8, 4) is 0 Å². The number of amides is 1. The van der Waals surface area contributed by atoms with Crippen LogP contribution in [0, 0.1) is 0 Å². The van der Waals surface area contributed by atoms with E-state index in [0.717, 1.165) is 32.4 Å². The van der Waals surface area contributed by atoms with E-state index in [2.05, 4.69) is 36.2 Å². The second-order valence-corrected chi connectivity index (χ2v) is 5.30. The Hall–Kier alpha value is -1.77. The molecule has 0 radical (unpaired) electrons. The minimum absolute atomic E-state index is 0.297. The van der Waals surface area contributed by atoms with Crippen molar-refractivity contribution in [3.63, 3.8) is 0 Å². The van der Waals surface area contributed by atoms with Crippen LogP contribution in [0.2, 0.25) is 0 Å². The number of nitrogens with one attached hydrogen (secondary N) is 1. The number of unbranched alkanes of at least 4 members (excludes halogenated alkanes) is 1. The van der Waals surface area contributed by atoms with Crippen molar-refractivity contribution in [2.75, 3.05) is 6.54 Å². The molecule has 1 amide bonds. The summed E-state index contributed by atoms with van der Waals surface area (Å²) >= 11 is 0. The first-order valence-electron chi connectivity index (χ1n) is 7.16. The summed E-state index contributed by atoms with van der Waals surface area (Å²) < 4.78 is 0. The average Bonchev–Trinajstić information content (AvgIpc) is 2.82. The van der Waals surface area contributed by atoms with Crippen LogP contribution >= 0.6 is 0 Å². The van der Waals surface area contributed by atoms with Crippen LogP contribution in [0.25, 0.3) is 10.9 Å². The molecule has 2 heterocycles. The van der Waals surface area contributed by atoms with Crippen LogP contribution in [-0.2, 0) is 17.8 Å². The van der Waals surface area contributed by atoms with Crippen molar-refractivity contribution < 1.29 is 4.79 Å². The van der Waals surface area contributed by atoms with Gasteiger partial charge in [-0.05, 0) is 24.5 Å². The van der Waals surface area contributed by atoms with Gasteiger partial charge in [-0.2, -0.15) is 0 Å². The number of aromatic nitrogens is 1. The number of hydrogen-bond donors (Lipinski definition) is 1. The molecule has 3 heteroatoms. The third-order valence-electron chi connectivity index (χ3n) is 3.98. The first-order chi connectivity index (χ1) is 9.29. The third kappa shape index (κ3) is 2.25. The maximum atomic E-state index is 12.1. The first-order valence-corrected chi connectivity index (χ1v) is 7.16. The second-order valence-electron chi connectivity index (χ2n) is 5.30. The Labute approximate surface area is 113 Å². The van der Waals surface area contributed by atoms with E-state index in [0.29, 0.717) is 12.3 Å². The van der Waals surface area contributed by atoms with Crippen LogP contribution < -0.4 is 0 Å². The summed E-state index contributed by atoms with van der Waals surface area (Å²) in [7, 11) is 0. The van der Waals surface area contributed by atoms with E-state index >= 15 is 0 Å². The van der Waals surface area contributed by atoms with Gasteiger partial charge in [0.25, 0.3) is 0 Å². The zero-order chi connectivity index (χ0) is 13.2. The molecule has 2 aromatic rings. The molecule has 0 spiro atoms. The van der Waals surface area contributed by atoms with Crippen molar-refractivity contribution in [2.45, 2.75) is 39.2 Å². The Morgan fingerprint density at radius 1 is 1.37 bits per heavy atom.